The Balaban J connectivity index is 1.77. The first kappa shape index (κ1) is 18.2. The number of benzene rings is 1. The Morgan fingerprint density at radius 3 is 2.60 bits per heavy atom. The number of nitrogens with one attached hydrogen (secondary N) is 3. The molecule has 1 aromatic carbocycles. The first-order chi connectivity index (χ1) is 12.0. The monoisotopic (exact) mass is 345 g/mol. The lowest BCUT2D eigenvalue weighted by molar-refractivity contribution is -0.124. The molecule has 25 heavy (non-hydrogen) atoms. The Labute approximate surface area is 143 Å². The molecule has 0 saturated heterocycles. The minimum absolute atomic E-state index is 0.0945. The second kappa shape index (κ2) is 8.62. The van der Waals surface area contributed by atoms with Crippen molar-refractivity contribution in [1.29, 1.82) is 0 Å². The number of amides is 1. The van der Waals surface area contributed by atoms with Crippen molar-refractivity contribution in [3.8, 4) is 0 Å². The highest BCUT2D eigenvalue weighted by Gasteiger charge is 2.15. The van der Waals surface area contributed by atoms with E-state index in [4.69, 9.17) is 4.74 Å². The van der Waals surface area contributed by atoms with Gasteiger partial charge in [-0.3, -0.25) is 14.6 Å². The van der Waals surface area contributed by atoms with Crippen LogP contribution in [0.5, 0.6) is 0 Å². The number of H-pyrrole nitrogens is 2. The molecule has 0 spiro atoms. The Kier molecular flexibility index (Phi) is 6.27. The summed E-state index contributed by atoms with van der Waals surface area (Å²) in [7, 11) is 0. The zero-order chi connectivity index (χ0) is 18.2. The van der Waals surface area contributed by atoms with Gasteiger partial charge in [0.25, 0.3) is 11.5 Å². The number of aryl methyl sites for hydroxylation is 1. The van der Waals surface area contributed by atoms with Gasteiger partial charge in [-0.15, -0.1) is 0 Å². The van der Waals surface area contributed by atoms with Gasteiger partial charge in [0, 0.05) is 12.2 Å². The van der Waals surface area contributed by atoms with Gasteiger partial charge in [0.1, 0.15) is 5.56 Å². The minimum atomic E-state index is -0.982. The first-order valence-corrected chi connectivity index (χ1v) is 7.78. The summed E-state index contributed by atoms with van der Waals surface area (Å²) in [6.07, 6.45) is 2.50. The predicted octanol–water partition coefficient (Wildman–Crippen LogP) is 0.358. The molecule has 0 radical (unpaired) electrons. The quantitative estimate of drug-likeness (QED) is 0.626. The summed E-state index contributed by atoms with van der Waals surface area (Å²) in [6.45, 7) is 1.35. The van der Waals surface area contributed by atoms with Crippen LogP contribution in [0.25, 0.3) is 0 Å². The molecule has 2 rings (SSSR count). The number of aromatic amines is 2. The maximum Gasteiger partial charge on any atom is 0.345 e. The third-order valence-electron chi connectivity index (χ3n) is 3.49. The Hall–Kier alpha value is -3.16. The van der Waals surface area contributed by atoms with Crippen LogP contribution in [-0.4, -0.2) is 34.5 Å². The van der Waals surface area contributed by atoms with Crippen molar-refractivity contribution < 1.29 is 14.3 Å². The van der Waals surface area contributed by atoms with Crippen molar-refractivity contribution in [3.05, 3.63) is 68.5 Å². The Bertz CT molecular complexity index is 841. The van der Waals surface area contributed by atoms with Crippen molar-refractivity contribution >= 4 is 11.9 Å². The van der Waals surface area contributed by atoms with Gasteiger partial charge < -0.3 is 15.0 Å². The third kappa shape index (κ3) is 5.76. The summed E-state index contributed by atoms with van der Waals surface area (Å²) in [5, 5.41) is 2.72. The first-order valence-electron chi connectivity index (χ1n) is 7.78. The van der Waals surface area contributed by atoms with E-state index in [0.717, 1.165) is 19.0 Å². The molecule has 0 bridgehead atoms. The molecule has 0 saturated carbocycles. The van der Waals surface area contributed by atoms with E-state index in [0.29, 0.717) is 0 Å². The lowest BCUT2D eigenvalue weighted by Crippen LogP contribution is -2.36. The fourth-order valence-corrected chi connectivity index (χ4v) is 2.19. The van der Waals surface area contributed by atoms with E-state index < -0.39 is 29.7 Å². The second-order valence-electron chi connectivity index (χ2n) is 5.55. The van der Waals surface area contributed by atoms with Gasteiger partial charge in [0.2, 0.25) is 0 Å². The minimum Gasteiger partial charge on any atom is -0.452 e. The summed E-state index contributed by atoms with van der Waals surface area (Å²) in [6, 6.07) is 9.78. The van der Waals surface area contributed by atoms with Gasteiger partial charge in [-0.2, -0.15) is 0 Å². The number of carbonyl (C=O) groups is 2. The van der Waals surface area contributed by atoms with Crippen molar-refractivity contribution in [2.24, 2.45) is 0 Å². The molecule has 8 nitrogen and oxygen atoms in total. The molecular weight excluding hydrogens is 326 g/mol. The number of ether oxygens (including phenoxy) is 1. The lowest BCUT2D eigenvalue weighted by Gasteiger charge is -2.14. The number of aromatic nitrogens is 2. The number of hydrogen-bond donors (Lipinski definition) is 3. The fraction of sp³-hybridized carbons (Fsp3) is 0.294. The van der Waals surface area contributed by atoms with E-state index in [1.807, 2.05) is 42.2 Å². The molecule has 1 heterocycles. The van der Waals surface area contributed by atoms with Gasteiger partial charge in [-0.1, -0.05) is 30.3 Å². The summed E-state index contributed by atoms with van der Waals surface area (Å²) in [5.41, 5.74) is -0.797. The van der Waals surface area contributed by atoms with E-state index in [-0.39, 0.29) is 11.6 Å². The lowest BCUT2D eigenvalue weighted by atomic mass is 10.1. The molecule has 1 amide bonds. The zero-order valence-corrected chi connectivity index (χ0v) is 13.7. The van der Waals surface area contributed by atoms with E-state index in [1.54, 1.807) is 0 Å². The fourth-order valence-electron chi connectivity index (χ4n) is 2.19. The van der Waals surface area contributed by atoms with Crippen LogP contribution in [0.15, 0.2) is 46.1 Å². The predicted molar refractivity (Wildman–Crippen MR) is 90.3 cm³/mol. The second-order valence-corrected chi connectivity index (χ2v) is 5.55. The molecule has 0 unspecified atom stereocenters. The number of esters is 1. The highest BCUT2D eigenvalue weighted by atomic mass is 16.5. The van der Waals surface area contributed by atoms with E-state index in [2.05, 4.69) is 10.3 Å². The van der Waals surface area contributed by atoms with Crippen molar-refractivity contribution in [1.82, 2.24) is 15.3 Å². The number of rotatable bonds is 7. The smallest absolute Gasteiger partial charge is 0.345 e. The van der Waals surface area contributed by atoms with E-state index in [9.17, 15) is 19.2 Å². The molecule has 2 aromatic rings. The Morgan fingerprint density at radius 2 is 1.92 bits per heavy atom. The summed E-state index contributed by atoms with van der Waals surface area (Å²) >= 11 is 0. The molecule has 1 atom stereocenters. The summed E-state index contributed by atoms with van der Waals surface area (Å²) < 4.78 is 4.78. The summed E-state index contributed by atoms with van der Waals surface area (Å²) in [5.74, 6) is -1.45. The van der Waals surface area contributed by atoms with Gasteiger partial charge in [-0.25, -0.2) is 9.59 Å². The standard InChI is InChI=1S/C17H19N3O5/c1-11(7-8-12-5-3-2-4-6-12)19-14(21)10-25-16(23)13-9-18-17(24)20-15(13)22/h2-6,9,11H,7-8,10H2,1H3,(H,19,21)(H2,18,20,22,24)/t11-/m1/s1. The maximum absolute atomic E-state index is 11.8. The molecule has 0 aliphatic heterocycles. The van der Waals surface area contributed by atoms with E-state index in [1.165, 1.54) is 5.56 Å². The molecule has 8 heteroatoms. The maximum atomic E-state index is 11.8. The van der Waals surface area contributed by atoms with Crippen molar-refractivity contribution in [3.63, 3.8) is 0 Å². The van der Waals surface area contributed by atoms with Crippen LogP contribution >= 0.6 is 0 Å². The molecule has 0 fully saturated rings. The average Bonchev–Trinajstić information content (AvgIpc) is 2.59. The van der Waals surface area contributed by atoms with Crippen LogP contribution in [-0.2, 0) is 16.0 Å². The van der Waals surface area contributed by atoms with Crippen LogP contribution in [0, 0.1) is 0 Å². The van der Waals surface area contributed by atoms with E-state index >= 15 is 0 Å². The molecule has 0 aliphatic rings. The number of hydrogen-bond acceptors (Lipinski definition) is 5. The van der Waals surface area contributed by atoms with Gasteiger partial charge >= 0.3 is 11.7 Å². The zero-order valence-electron chi connectivity index (χ0n) is 13.7. The van der Waals surface area contributed by atoms with Gasteiger partial charge in [-0.05, 0) is 25.3 Å². The molecular formula is C17H19N3O5. The third-order valence-corrected chi connectivity index (χ3v) is 3.49. The molecule has 1 aromatic heterocycles. The Morgan fingerprint density at radius 1 is 1.20 bits per heavy atom. The SMILES string of the molecule is C[C@H](CCc1ccccc1)NC(=O)COC(=O)c1c[nH]c(=O)[nH]c1=O. The number of carbonyl (C=O) groups excluding carboxylic acids is 2. The molecule has 3 N–H and O–H groups in total. The van der Waals surface area contributed by atoms with Crippen LogP contribution in [0.4, 0.5) is 0 Å². The highest BCUT2D eigenvalue weighted by Crippen LogP contribution is 2.04. The van der Waals surface area contributed by atoms with Crippen LogP contribution in [0.1, 0.15) is 29.3 Å². The molecule has 132 valence electrons. The summed E-state index contributed by atoms with van der Waals surface area (Å²) in [4.78, 5) is 49.9. The average molecular weight is 345 g/mol. The highest BCUT2D eigenvalue weighted by molar-refractivity contribution is 5.90. The van der Waals surface area contributed by atoms with Crippen LogP contribution in [0.2, 0.25) is 0 Å². The van der Waals surface area contributed by atoms with Crippen molar-refractivity contribution in [2.75, 3.05) is 6.61 Å². The largest absolute Gasteiger partial charge is 0.452 e. The van der Waals surface area contributed by atoms with Crippen LogP contribution < -0.4 is 16.6 Å². The van der Waals surface area contributed by atoms with Crippen LogP contribution in [0.3, 0.4) is 0 Å². The molecule has 0 aliphatic carbocycles. The topological polar surface area (TPSA) is 121 Å². The normalized spacial score (nSPS) is 11.6. The van der Waals surface area contributed by atoms with Gasteiger partial charge in [0.15, 0.2) is 6.61 Å². The van der Waals surface area contributed by atoms with Gasteiger partial charge in [0.05, 0.1) is 0 Å². The van der Waals surface area contributed by atoms with Crippen molar-refractivity contribution in [2.45, 2.75) is 25.8 Å².